The second-order valence-electron chi connectivity index (χ2n) is 5.98. The topological polar surface area (TPSA) is 139 Å². The van der Waals surface area contributed by atoms with E-state index >= 15 is 0 Å². The molecule has 1 heterocycles. The number of methoxy groups -OCH3 is 1. The van der Waals surface area contributed by atoms with Gasteiger partial charge < -0.3 is 18.9 Å². The highest BCUT2D eigenvalue weighted by atomic mass is 16.6. The number of hydrogen-bond acceptors (Lipinski definition) is 9. The van der Waals surface area contributed by atoms with Crippen LogP contribution in [0.3, 0.4) is 0 Å². The zero-order chi connectivity index (χ0) is 21.7. The molecule has 0 aromatic heterocycles. The molecular formula is C19H17N3O8. The molecule has 0 radical (unpaired) electrons. The molecule has 0 unspecified atom stereocenters. The molecule has 2 aromatic rings. The fourth-order valence-electron chi connectivity index (χ4n) is 2.68. The number of carbonyl (C=O) groups is 2. The van der Waals surface area contributed by atoms with Crippen LogP contribution in [0.5, 0.6) is 23.0 Å². The lowest BCUT2D eigenvalue weighted by Gasteiger charge is -2.24. The number of ether oxygens (including phenoxy) is 4. The number of nitro benzene ring substituents is 1. The summed E-state index contributed by atoms with van der Waals surface area (Å²) in [4.78, 5) is 34.2. The lowest BCUT2D eigenvalue weighted by Crippen LogP contribution is -2.42. The first-order valence-electron chi connectivity index (χ1n) is 8.66. The predicted molar refractivity (Wildman–Crippen MR) is 103 cm³/mol. The third kappa shape index (κ3) is 4.46. The van der Waals surface area contributed by atoms with E-state index in [4.69, 9.17) is 18.9 Å². The van der Waals surface area contributed by atoms with Crippen LogP contribution >= 0.6 is 0 Å². The van der Waals surface area contributed by atoms with Gasteiger partial charge in [0.1, 0.15) is 6.61 Å². The molecule has 0 saturated heterocycles. The van der Waals surface area contributed by atoms with Gasteiger partial charge in [-0.25, -0.2) is 5.43 Å². The van der Waals surface area contributed by atoms with Crippen molar-refractivity contribution in [1.29, 1.82) is 0 Å². The second-order valence-corrected chi connectivity index (χ2v) is 5.98. The van der Waals surface area contributed by atoms with Gasteiger partial charge in [-0.05, 0) is 24.3 Å². The van der Waals surface area contributed by atoms with Crippen LogP contribution in [0.4, 0.5) is 5.69 Å². The van der Waals surface area contributed by atoms with Gasteiger partial charge in [0.25, 0.3) is 5.91 Å². The second kappa shape index (κ2) is 8.90. The van der Waals surface area contributed by atoms with Crippen molar-refractivity contribution < 1.29 is 33.5 Å². The summed E-state index contributed by atoms with van der Waals surface area (Å²) < 4.78 is 21.0. The summed E-state index contributed by atoms with van der Waals surface area (Å²) in [5.41, 5.74) is 1.81. The molecule has 11 nitrogen and oxygen atoms in total. The van der Waals surface area contributed by atoms with Crippen LogP contribution in [0.1, 0.15) is 12.5 Å². The number of hydrogen-bond donors (Lipinski definition) is 1. The van der Waals surface area contributed by atoms with E-state index in [1.165, 1.54) is 19.2 Å². The van der Waals surface area contributed by atoms with Gasteiger partial charge in [0, 0.05) is 6.92 Å². The maximum absolute atomic E-state index is 12.3. The third-order valence-corrected chi connectivity index (χ3v) is 3.95. The summed E-state index contributed by atoms with van der Waals surface area (Å²) in [7, 11) is 1.20. The minimum Gasteiger partial charge on any atom is -0.488 e. The summed E-state index contributed by atoms with van der Waals surface area (Å²) in [6.45, 7) is 1.15. The van der Waals surface area contributed by atoms with Gasteiger partial charge in [0.05, 0.1) is 23.8 Å². The lowest BCUT2D eigenvalue weighted by molar-refractivity contribution is -0.385. The normalized spacial score (nSPS) is 14.8. The van der Waals surface area contributed by atoms with E-state index < -0.39 is 28.6 Å². The summed E-state index contributed by atoms with van der Waals surface area (Å²) in [5.74, 6) is -0.648. The quantitative estimate of drug-likeness (QED) is 0.248. The molecule has 0 bridgehead atoms. The lowest BCUT2D eigenvalue weighted by atomic mass is 10.1. The minimum absolute atomic E-state index is 0.0105. The Morgan fingerprint density at radius 1 is 1.27 bits per heavy atom. The molecule has 0 saturated carbocycles. The molecule has 11 heteroatoms. The Morgan fingerprint density at radius 3 is 2.67 bits per heavy atom. The molecule has 3 rings (SSSR count). The van der Waals surface area contributed by atoms with Gasteiger partial charge in [0.2, 0.25) is 11.9 Å². The Balaban J connectivity index is 1.75. The molecule has 0 fully saturated rings. The van der Waals surface area contributed by atoms with Crippen molar-refractivity contribution in [2.24, 2.45) is 5.10 Å². The molecule has 0 spiro atoms. The molecule has 156 valence electrons. The average Bonchev–Trinajstić information content (AvgIpc) is 2.73. The number of nitrogens with one attached hydrogen (secondary N) is 1. The van der Waals surface area contributed by atoms with Crippen molar-refractivity contribution >= 4 is 23.8 Å². The number of amides is 1. The van der Waals surface area contributed by atoms with Gasteiger partial charge >= 0.3 is 11.7 Å². The van der Waals surface area contributed by atoms with E-state index in [2.05, 4.69) is 10.5 Å². The van der Waals surface area contributed by atoms with Gasteiger partial charge in [-0.15, -0.1) is 0 Å². The highest BCUT2D eigenvalue weighted by Gasteiger charge is 2.28. The van der Waals surface area contributed by atoms with Crippen molar-refractivity contribution in [3.8, 4) is 23.0 Å². The zero-order valence-corrected chi connectivity index (χ0v) is 16.0. The number of nitrogens with zero attached hydrogens (tertiary/aromatic N) is 2. The number of esters is 1. The maximum Gasteiger partial charge on any atom is 0.323 e. The summed E-state index contributed by atoms with van der Waals surface area (Å²) in [5, 5.41) is 15.3. The maximum atomic E-state index is 12.3. The molecule has 2 aromatic carbocycles. The first-order valence-corrected chi connectivity index (χ1v) is 8.66. The molecule has 1 N–H and O–H groups in total. The molecule has 30 heavy (non-hydrogen) atoms. The van der Waals surface area contributed by atoms with E-state index in [1.54, 1.807) is 24.3 Å². The Labute approximate surface area is 170 Å². The van der Waals surface area contributed by atoms with Gasteiger partial charge in [-0.3, -0.25) is 19.7 Å². The van der Waals surface area contributed by atoms with Crippen molar-refractivity contribution in [1.82, 2.24) is 5.43 Å². The Morgan fingerprint density at radius 2 is 2.00 bits per heavy atom. The number of hydrazone groups is 1. The van der Waals surface area contributed by atoms with Crippen molar-refractivity contribution in [3.05, 3.63) is 52.1 Å². The molecular weight excluding hydrogens is 398 g/mol. The van der Waals surface area contributed by atoms with Gasteiger partial charge in [0.15, 0.2) is 17.2 Å². The largest absolute Gasteiger partial charge is 0.488 e. The smallest absolute Gasteiger partial charge is 0.323 e. The van der Waals surface area contributed by atoms with Crippen molar-refractivity contribution in [3.63, 3.8) is 0 Å². The summed E-state index contributed by atoms with van der Waals surface area (Å²) in [6, 6.07) is 9.54. The highest BCUT2D eigenvalue weighted by molar-refractivity contribution is 5.90. The Hall–Kier alpha value is -4.15. The highest BCUT2D eigenvalue weighted by Crippen LogP contribution is 2.39. The Bertz CT molecular complexity index is 1020. The number of fused-ring (bicyclic) bond motifs is 1. The van der Waals surface area contributed by atoms with E-state index in [-0.39, 0.29) is 23.7 Å². The van der Waals surface area contributed by atoms with Crippen LogP contribution in [-0.4, -0.2) is 42.8 Å². The van der Waals surface area contributed by atoms with E-state index in [0.29, 0.717) is 11.5 Å². The van der Waals surface area contributed by atoms with Crippen LogP contribution in [0.15, 0.2) is 41.5 Å². The van der Waals surface area contributed by atoms with Crippen LogP contribution < -0.4 is 24.4 Å². The van der Waals surface area contributed by atoms with Crippen LogP contribution in [0.25, 0.3) is 0 Å². The fraction of sp³-hybridized carbons (Fsp3) is 0.211. The third-order valence-electron chi connectivity index (χ3n) is 3.95. The van der Waals surface area contributed by atoms with Crippen LogP contribution in [0.2, 0.25) is 0 Å². The van der Waals surface area contributed by atoms with Crippen LogP contribution in [0, 0.1) is 10.1 Å². The zero-order valence-electron chi connectivity index (χ0n) is 16.0. The Kier molecular flexibility index (Phi) is 6.11. The van der Waals surface area contributed by atoms with Crippen LogP contribution in [-0.2, 0) is 9.59 Å². The monoisotopic (exact) mass is 415 g/mol. The molecule has 1 amide bonds. The SMILES string of the molecule is COc1c(OC(C)=O)ccc(/C=N/NC(=O)[C@@H]2COc3ccccc3O2)c1[N+](=O)[O-]. The fourth-order valence-corrected chi connectivity index (χ4v) is 2.68. The van der Waals surface area contributed by atoms with E-state index in [0.717, 1.165) is 13.1 Å². The molecule has 0 aliphatic carbocycles. The summed E-state index contributed by atoms with van der Waals surface area (Å²) >= 11 is 0. The number of benzene rings is 2. The average molecular weight is 415 g/mol. The van der Waals surface area contributed by atoms with Crippen molar-refractivity contribution in [2.45, 2.75) is 13.0 Å². The van der Waals surface area contributed by atoms with Gasteiger partial charge in [-0.2, -0.15) is 5.10 Å². The van der Waals surface area contributed by atoms with E-state index in [9.17, 15) is 19.7 Å². The predicted octanol–water partition coefficient (Wildman–Crippen LogP) is 1.82. The number of nitro groups is 1. The van der Waals surface area contributed by atoms with Crippen molar-refractivity contribution in [2.75, 3.05) is 13.7 Å². The standard InChI is InChI=1S/C19H17N3O8/c1-11(23)29-15-8-7-12(17(22(25)26)18(15)27-2)9-20-21-19(24)16-10-28-13-5-3-4-6-14(13)30-16/h3-9,16H,10H2,1-2H3,(H,21,24)/b20-9+/t16-/m0/s1. The molecule has 1 aliphatic rings. The summed E-state index contributed by atoms with van der Waals surface area (Å²) in [6.07, 6.45) is 0.140. The van der Waals surface area contributed by atoms with Gasteiger partial charge in [-0.1, -0.05) is 12.1 Å². The number of carbonyl (C=O) groups excluding carboxylic acids is 2. The minimum atomic E-state index is -0.937. The first kappa shape index (κ1) is 20.6. The number of para-hydroxylation sites is 2. The first-order chi connectivity index (χ1) is 14.4. The molecule has 1 atom stereocenters. The molecule has 1 aliphatic heterocycles. The van der Waals surface area contributed by atoms with E-state index in [1.807, 2.05) is 0 Å². The number of rotatable bonds is 6.